The normalized spacial score (nSPS) is 12.7. The highest BCUT2D eigenvalue weighted by Crippen LogP contribution is 2.28. The molecule has 2 aromatic rings. The Kier molecular flexibility index (Phi) is 4.44. The molecular weight excluding hydrogens is 262 g/mol. The number of benzene rings is 1. The first-order valence-electron chi connectivity index (χ1n) is 6.15. The van der Waals surface area contributed by atoms with Crippen molar-refractivity contribution in [2.24, 2.45) is 0 Å². The fraction of sp³-hybridized carbons (Fsp3) is 0.333. The third-order valence-electron chi connectivity index (χ3n) is 2.89. The second kappa shape index (κ2) is 5.87. The molecule has 18 heavy (non-hydrogen) atoms. The number of rotatable bonds is 4. The van der Waals surface area contributed by atoms with Gasteiger partial charge in [-0.05, 0) is 60.7 Å². The Labute approximate surface area is 118 Å². The van der Waals surface area contributed by atoms with Crippen molar-refractivity contribution < 1.29 is 0 Å². The Hall–Kier alpha value is -0.830. The monoisotopic (exact) mass is 279 g/mol. The highest BCUT2D eigenvalue weighted by molar-refractivity contribution is 7.10. The number of aryl methyl sites for hydroxylation is 2. The summed E-state index contributed by atoms with van der Waals surface area (Å²) < 4.78 is 0. The zero-order valence-corrected chi connectivity index (χ0v) is 12.5. The van der Waals surface area contributed by atoms with Crippen LogP contribution in [0, 0.1) is 13.8 Å². The first-order valence-corrected chi connectivity index (χ1v) is 7.41. The first-order chi connectivity index (χ1) is 8.60. The van der Waals surface area contributed by atoms with Crippen molar-refractivity contribution in [1.29, 1.82) is 0 Å². The number of hydrogen-bond donors (Lipinski definition) is 1. The quantitative estimate of drug-likeness (QED) is 0.854. The Bertz CT molecular complexity index is 513. The van der Waals surface area contributed by atoms with Gasteiger partial charge in [-0.1, -0.05) is 24.6 Å². The van der Waals surface area contributed by atoms with E-state index >= 15 is 0 Å². The molecule has 0 saturated carbocycles. The zero-order valence-electron chi connectivity index (χ0n) is 11.0. The average molecular weight is 280 g/mol. The fourth-order valence-corrected chi connectivity index (χ4v) is 3.21. The Morgan fingerprint density at radius 1 is 1.17 bits per heavy atom. The number of nitrogens with one attached hydrogen (secondary N) is 1. The average Bonchev–Trinajstić information content (AvgIpc) is 2.71. The number of thiophene rings is 1. The highest BCUT2D eigenvalue weighted by Gasteiger charge is 2.15. The third kappa shape index (κ3) is 3.14. The van der Waals surface area contributed by atoms with Gasteiger partial charge in [0, 0.05) is 9.90 Å². The molecule has 0 fully saturated rings. The Morgan fingerprint density at radius 2 is 1.94 bits per heavy atom. The molecule has 0 amide bonds. The van der Waals surface area contributed by atoms with Crippen molar-refractivity contribution in [3.63, 3.8) is 0 Å². The molecule has 3 heteroatoms. The minimum Gasteiger partial charge on any atom is -0.307 e. The topological polar surface area (TPSA) is 12.0 Å². The van der Waals surface area contributed by atoms with Gasteiger partial charge in [0.1, 0.15) is 0 Å². The summed E-state index contributed by atoms with van der Waals surface area (Å²) in [6.45, 7) is 7.28. The zero-order chi connectivity index (χ0) is 13.1. The van der Waals surface area contributed by atoms with Crippen LogP contribution in [0.25, 0.3) is 0 Å². The second-order valence-corrected chi connectivity index (χ2v) is 6.10. The van der Waals surface area contributed by atoms with Crippen LogP contribution in [-0.2, 0) is 0 Å². The van der Waals surface area contributed by atoms with E-state index in [1.54, 1.807) is 11.3 Å². The van der Waals surface area contributed by atoms with Crippen LogP contribution in [0.5, 0.6) is 0 Å². The molecular formula is C15H18ClNS. The van der Waals surface area contributed by atoms with Crippen LogP contribution >= 0.6 is 22.9 Å². The van der Waals surface area contributed by atoms with E-state index in [0.717, 1.165) is 11.6 Å². The standard InChI is InChI=1S/C15H18ClNS/c1-4-17-15(13-7-11(3)18-9-13)12-5-10(2)6-14(16)8-12/h5-9,15,17H,4H2,1-3H3. The molecule has 1 aromatic heterocycles. The van der Waals surface area contributed by atoms with Crippen LogP contribution in [0.3, 0.4) is 0 Å². The first kappa shape index (κ1) is 13.6. The van der Waals surface area contributed by atoms with Crippen LogP contribution in [0.1, 0.15) is 34.5 Å². The number of halogens is 1. The summed E-state index contributed by atoms with van der Waals surface area (Å²) in [7, 11) is 0. The minimum atomic E-state index is 0.234. The van der Waals surface area contributed by atoms with Gasteiger partial charge in [-0.2, -0.15) is 0 Å². The van der Waals surface area contributed by atoms with Crippen molar-refractivity contribution in [2.75, 3.05) is 6.54 Å². The van der Waals surface area contributed by atoms with Crippen molar-refractivity contribution in [3.05, 3.63) is 56.2 Å². The summed E-state index contributed by atoms with van der Waals surface area (Å²) in [6, 6.07) is 8.72. The van der Waals surface area contributed by atoms with E-state index in [2.05, 4.69) is 49.7 Å². The fourth-order valence-electron chi connectivity index (χ4n) is 2.18. The molecule has 1 atom stereocenters. The van der Waals surface area contributed by atoms with Gasteiger partial charge in [0.15, 0.2) is 0 Å². The molecule has 2 rings (SSSR count). The Balaban J connectivity index is 2.40. The lowest BCUT2D eigenvalue weighted by Crippen LogP contribution is -2.21. The predicted molar refractivity (Wildman–Crippen MR) is 80.8 cm³/mol. The van der Waals surface area contributed by atoms with E-state index in [1.807, 2.05) is 6.07 Å². The van der Waals surface area contributed by atoms with Crippen molar-refractivity contribution >= 4 is 22.9 Å². The van der Waals surface area contributed by atoms with Crippen LogP contribution < -0.4 is 5.32 Å². The summed E-state index contributed by atoms with van der Waals surface area (Å²) in [5.41, 5.74) is 3.76. The summed E-state index contributed by atoms with van der Waals surface area (Å²) in [6.07, 6.45) is 0. The summed E-state index contributed by atoms with van der Waals surface area (Å²) in [5.74, 6) is 0. The molecule has 1 unspecified atom stereocenters. The molecule has 0 aliphatic rings. The van der Waals surface area contributed by atoms with E-state index < -0.39 is 0 Å². The molecule has 0 spiro atoms. The van der Waals surface area contributed by atoms with Crippen LogP contribution in [0.4, 0.5) is 0 Å². The molecule has 1 heterocycles. The van der Waals surface area contributed by atoms with E-state index in [0.29, 0.717) is 0 Å². The summed E-state index contributed by atoms with van der Waals surface area (Å²) in [4.78, 5) is 1.34. The van der Waals surface area contributed by atoms with Gasteiger partial charge < -0.3 is 5.32 Å². The van der Waals surface area contributed by atoms with E-state index in [9.17, 15) is 0 Å². The molecule has 1 N–H and O–H groups in total. The van der Waals surface area contributed by atoms with Crippen LogP contribution in [0.15, 0.2) is 29.6 Å². The third-order valence-corrected chi connectivity index (χ3v) is 3.99. The maximum Gasteiger partial charge on any atom is 0.0585 e. The lowest BCUT2D eigenvalue weighted by atomic mass is 9.99. The van der Waals surface area contributed by atoms with Crippen molar-refractivity contribution in [1.82, 2.24) is 5.32 Å². The molecule has 96 valence electrons. The van der Waals surface area contributed by atoms with Gasteiger partial charge in [0.2, 0.25) is 0 Å². The molecule has 1 aromatic carbocycles. The van der Waals surface area contributed by atoms with Gasteiger partial charge in [0.25, 0.3) is 0 Å². The van der Waals surface area contributed by atoms with Gasteiger partial charge in [-0.15, -0.1) is 11.3 Å². The lowest BCUT2D eigenvalue weighted by molar-refractivity contribution is 0.632. The molecule has 0 saturated heterocycles. The maximum absolute atomic E-state index is 6.16. The SMILES string of the molecule is CCNC(c1cc(C)cc(Cl)c1)c1csc(C)c1. The van der Waals surface area contributed by atoms with E-state index in [-0.39, 0.29) is 6.04 Å². The van der Waals surface area contributed by atoms with Gasteiger partial charge in [-0.3, -0.25) is 0 Å². The molecule has 0 radical (unpaired) electrons. The Morgan fingerprint density at radius 3 is 2.50 bits per heavy atom. The predicted octanol–water partition coefficient (Wildman–Crippen LogP) is 4.72. The molecule has 0 bridgehead atoms. The summed E-state index contributed by atoms with van der Waals surface area (Å²) in [5, 5.41) is 6.56. The molecule has 0 aliphatic heterocycles. The van der Waals surface area contributed by atoms with E-state index in [1.165, 1.54) is 21.6 Å². The van der Waals surface area contributed by atoms with Crippen LogP contribution in [0.2, 0.25) is 5.02 Å². The summed E-state index contributed by atoms with van der Waals surface area (Å²) >= 11 is 7.95. The van der Waals surface area contributed by atoms with E-state index in [4.69, 9.17) is 11.6 Å². The lowest BCUT2D eigenvalue weighted by Gasteiger charge is -2.18. The van der Waals surface area contributed by atoms with Gasteiger partial charge >= 0.3 is 0 Å². The highest BCUT2D eigenvalue weighted by atomic mass is 35.5. The largest absolute Gasteiger partial charge is 0.307 e. The molecule has 1 nitrogen and oxygen atoms in total. The van der Waals surface area contributed by atoms with Gasteiger partial charge in [-0.25, -0.2) is 0 Å². The van der Waals surface area contributed by atoms with Gasteiger partial charge in [0.05, 0.1) is 6.04 Å². The number of hydrogen-bond acceptors (Lipinski definition) is 2. The second-order valence-electron chi connectivity index (χ2n) is 4.54. The minimum absolute atomic E-state index is 0.234. The van der Waals surface area contributed by atoms with Crippen LogP contribution in [-0.4, -0.2) is 6.54 Å². The molecule has 0 aliphatic carbocycles. The smallest absolute Gasteiger partial charge is 0.0585 e. The van der Waals surface area contributed by atoms with Crippen molar-refractivity contribution in [3.8, 4) is 0 Å². The maximum atomic E-state index is 6.16. The van der Waals surface area contributed by atoms with Crippen molar-refractivity contribution in [2.45, 2.75) is 26.8 Å².